The number of aliphatic hydroxyl groups is 1. The van der Waals surface area contributed by atoms with Crippen LogP contribution in [-0.4, -0.2) is 83.5 Å². The second kappa shape index (κ2) is 8.85. The Morgan fingerprint density at radius 2 is 1.93 bits per heavy atom. The van der Waals surface area contributed by atoms with E-state index in [4.69, 9.17) is 0 Å². The number of hydrogen-bond donors (Lipinski definition) is 1. The third kappa shape index (κ3) is 5.53. The lowest BCUT2D eigenvalue weighted by Crippen LogP contribution is -2.55. The Balaban J connectivity index is 1.56. The van der Waals surface area contributed by atoms with Crippen LogP contribution in [0.25, 0.3) is 0 Å². The lowest BCUT2D eigenvalue weighted by molar-refractivity contribution is -0.136. The molecular weight excluding hydrogens is 342 g/mol. The van der Waals surface area contributed by atoms with E-state index in [1.807, 2.05) is 25.2 Å². The van der Waals surface area contributed by atoms with Gasteiger partial charge in [-0.15, -0.1) is 0 Å². The van der Waals surface area contributed by atoms with Crippen molar-refractivity contribution in [2.75, 3.05) is 46.3 Å². The van der Waals surface area contributed by atoms with Gasteiger partial charge in [0.05, 0.1) is 13.1 Å². The first-order valence-corrected chi connectivity index (χ1v) is 9.96. The minimum Gasteiger partial charge on any atom is -0.385 e. The van der Waals surface area contributed by atoms with Gasteiger partial charge in [-0.1, -0.05) is 30.3 Å². The summed E-state index contributed by atoms with van der Waals surface area (Å²) < 4.78 is 0. The number of benzene rings is 1. The number of aryl methyl sites for hydroxylation is 1. The summed E-state index contributed by atoms with van der Waals surface area (Å²) in [5.41, 5.74) is 0.172. The Bertz CT molecular complexity index is 651. The van der Waals surface area contributed by atoms with E-state index in [1.54, 1.807) is 9.80 Å². The molecular formula is C21H31N3O3. The lowest BCUT2D eigenvalue weighted by atomic mass is 10.0. The van der Waals surface area contributed by atoms with Crippen molar-refractivity contribution in [1.82, 2.24) is 14.7 Å². The molecule has 1 atom stereocenters. The van der Waals surface area contributed by atoms with Gasteiger partial charge in [-0.25, -0.2) is 0 Å². The molecule has 2 saturated heterocycles. The predicted molar refractivity (Wildman–Crippen MR) is 104 cm³/mol. The van der Waals surface area contributed by atoms with Crippen LogP contribution in [0.5, 0.6) is 0 Å². The number of likely N-dealkylation sites (N-methyl/N-ethyl adjacent to an activating group) is 1. The molecule has 0 aliphatic carbocycles. The van der Waals surface area contributed by atoms with Gasteiger partial charge >= 0.3 is 0 Å². The van der Waals surface area contributed by atoms with E-state index in [9.17, 15) is 14.7 Å². The van der Waals surface area contributed by atoms with Crippen molar-refractivity contribution in [2.45, 2.75) is 37.7 Å². The van der Waals surface area contributed by atoms with E-state index >= 15 is 0 Å². The molecule has 0 saturated carbocycles. The summed E-state index contributed by atoms with van der Waals surface area (Å²) in [4.78, 5) is 30.3. The number of β-amino-alcohol motifs (C(OH)–C–C–N with tert-alkyl or cyclic N) is 1. The van der Waals surface area contributed by atoms with Gasteiger partial charge in [0, 0.05) is 39.0 Å². The summed E-state index contributed by atoms with van der Waals surface area (Å²) in [6, 6.07) is 10.2. The van der Waals surface area contributed by atoms with Gasteiger partial charge in [0.15, 0.2) is 0 Å². The molecule has 1 N–H and O–H groups in total. The minimum absolute atomic E-state index is 0.0902. The zero-order valence-corrected chi connectivity index (χ0v) is 16.3. The molecule has 2 amide bonds. The van der Waals surface area contributed by atoms with Crippen LogP contribution < -0.4 is 0 Å². The van der Waals surface area contributed by atoms with Crippen LogP contribution >= 0.6 is 0 Å². The molecule has 0 spiro atoms. The van der Waals surface area contributed by atoms with Crippen molar-refractivity contribution in [3.63, 3.8) is 0 Å². The molecule has 0 unspecified atom stereocenters. The molecule has 6 heteroatoms. The van der Waals surface area contributed by atoms with Gasteiger partial charge < -0.3 is 19.8 Å². The van der Waals surface area contributed by atoms with Crippen molar-refractivity contribution in [2.24, 2.45) is 0 Å². The molecule has 1 aromatic rings. The van der Waals surface area contributed by atoms with Gasteiger partial charge in [-0.05, 0) is 31.9 Å². The van der Waals surface area contributed by atoms with Gasteiger partial charge in [-0.3, -0.25) is 9.59 Å². The summed E-state index contributed by atoms with van der Waals surface area (Å²) in [6.07, 6.45) is 3.59. The number of likely N-dealkylation sites (tertiary alicyclic amines) is 1. The van der Waals surface area contributed by atoms with E-state index in [0.29, 0.717) is 45.6 Å². The lowest BCUT2D eigenvalue weighted by Gasteiger charge is -2.35. The molecule has 1 aromatic carbocycles. The number of carbonyl (C=O) groups excluding carboxylic acids is 2. The monoisotopic (exact) mass is 373 g/mol. The third-order valence-corrected chi connectivity index (χ3v) is 5.51. The van der Waals surface area contributed by atoms with Crippen molar-refractivity contribution in [3.8, 4) is 0 Å². The molecule has 6 nitrogen and oxygen atoms in total. The normalized spacial score (nSPS) is 24.3. The summed E-state index contributed by atoms with van der Waals surface area (Å²) >= 11 is 0. The van der Waals surface area contributed by atoms with E-state index in [1.165, 1.54) is 5.56 Å². The van der Waals surface area contributed by atoms with Gasteiger partial charge in [-0.2, -0.15) is 0 Å². The second-order valence-corrected chi connectivity index (χ2v) is 8.04. The topological polar surface area (TPSA) is 64.1 Å². The molecule has 0 aromatic heterocycles. The summed E-state index contributed by atoms with van der Waals surface area (Å²) in [6.45, 7) is 3.15. The van der Waals surface area contributed by atoms with Crippen LogP contribution in [0.3, 0.4) is 0 Å². The molecule has 2 aliphatic rings. The van der Waals surface area contributed by atoms with Crippen LogP contribution in [0.1, 0.15) is 31.2 Å². The highest BCUT2D eigenvalue weighted by molar-refractivity contribution is 5.78. The highest BCUT2D eigenvalue weighted by Crippen LogP contribution is 2.20. The molecule has 2 heterocycles. The van der Waals surface area contributed by atoms with Crippen LogP contribution in [-0.2, 0) is 16.0 Å². The van der Waals surface area contributed by atoms with Crippen LogP contribution in [0.4, 0.5) is 0 Å². The zero-order valence-electron chi connectivity index (χ0n) is 16.3. The smallest absolute Gasteiger partial charge is 0.222 e. The maximum atomic E-state index is 12.8. The highest BCUT2D eigenvalue weighted by Gasteiger charge is 2.38. The second-order valence-electron chi connectivity index (χ2n) is 8.04. The molecule has 0 radical (unpaired) electrons. The van der Waals surface area contributed by atoms with Crippen LogP contribution in [0, 0.1) is 0 Å². The Kier molecular flexibility index (Phi) is 6.50. The highest BCUT2D eigenvalue weighted by atomic mass is 16.3. The number of amides is 2. The fourth-order valence-corrected chi connectivity index (χ4v) is 4.14. The molecule has 148 valence electrons. The predicted octanol–water partition coefficient (Wildman–Crippen LogP) is 1.14. The Morgan fingerprint density at radius 3 is 2.63 bits per heavy atom. The van der Waals surface area contributed by atoms with Crippen LogP contribution in [0.15, 0.2) is 30.3 Å². The Morgan fingerprint density at radius 1 is 1.15 bits per heavy atom. The van der Waals surface area contributed by atoms with Crippen molar-refractivity contribution in [3.05, 3.63) is 35.9 Å². The SMILES string of the molecule is CN1CCN(C(=O)CCCc2ccccc2)C[C@](O)(CN2CCCC2=O)C1. The Hall–Kier alpha value is -1.92. The minimum atomic E-state index is -1.07. The average molecular weight is 373 g/mol. The fourth-order valence-electron chi connectivity index (χ4n) is 4.14. The number of hydrogen-bond acceptors (Lipinski definition) is 4. The maximum Gasteiger partial charge on any atom is 0.222 e. The quantitative estimate of drug-likeness (QED) is 0.812. The molecule has 3 rings (SSSR count). The first kappa shape index (κ1) is 19.8. The number of rotatable bonds is 6. The van der Waals surface area contributed by atoms with Crippen molar-refractivity contribution >= 4 is 11.8 Å². The van der Waals surface area contributed by atoms with Crippen molar-refractivity contribution < 1.29 is 14.7 Å². The first-order chi connectivity index (χ1) is 13.0. The van der Waals surface area contributed by atoms with Crippen LogP contribution in [0.2, 0.25) is 0 Å². The first-order valence-electron chi connectivity index (χ1n) is 9.96. The summed E-state index contributed by atoms with van der Waals surface area (Å²) in [5, 5.41) is 11.2. The molecule has 0 bridgehead atoms. The standard InChI is InChI=1S/C21H31N3O3/c1-22-13-14-24(19(25)10-5-9-18-7-3-2-4-8-18)17-21(27,15-22)16-23-12-6-11-20(23)26/h2-4,7-8,27H,5-6,9-17H2,1H3/t21-/m1/s1. The van der Waals surface area contributed by atoms with E-state index < -0.39 is 5.60 Å². The van der Waals surface area contributed by atoms with Gasteiger partial charge in [0.2, 0.25) is 11.8 Å². The molecule has 27 heavy (non-hydrogen) atoms. The largest absolute Gasteiger partial charge is 0.385 e. The van der Waals surface area contributed by atoms with E-state index in [0.717, 1.165) is 25.8 Å². The molecule has 2 aliphatic heterocycles. The van der Waals surface area contributed by atoms with Gasteiger partial charge in [0.1, 0.15) is 5.60 Å². The molecule has 2 fully saturated rings. The average Bonchev–Trinajstić information content (AvgIpc) is 2.95. The van der Waals surface area contributed by atoms with E-state index in [-0.39, 0.29) is 11.8 Å². The third-order valence-electron chi connectivity index (χ3n) is 5.51. The van der Waals surface area contributed by atoms with Gasteiger partial charge in [0.25, 0.3) is 0 Å². The summed E-state index contributed by atoms with van der Waals surface area (Å²) in [5.74, 6) is 0.198. The fraction of sp³-hybridized carbons (Fsp3) is 0.619. The number of nitrogens with zero attached hydrogens (tertiary/aromatic N) is 3. The summed E-state index contributed by atoms with van der Waals surface area (Å²) in [7, 11) is 1.96. The zero-order chi connectivity index (χ0) is 19.3. The maximum absolute atomic E-state index is 12.8. The van der Waals surface area contributed by atoms with Crippen molar-refractivity contribution in [1.29, 1.82) is 0 Å². The Labute approximate surface area is 161 Å². The van der Waals surface area contributed by atoms with E-state index in [2.05, 4.69) is 17.0 Å². The number of carbonyl (C=O) groups is 2.